The molecule has 0 saturated carbocycles. The summed E-state index contributed by atoms with van der Waals surface area (Å²) >= 11 is 0.578. The van der Waals surface area contributed by atoms with E-state index in [0.717, 1.165) is 24.2 Å². The summed E-state index contributed by atoms with van der Waals surface area (Å²) in [5.74, 6) is -2.38. The van der Waals surface area contributed by atoms with Crippen molar-refractivity contribution >= 4 is 11.8 Å². The fourth-order valence-corrected chi connectivity index (χ4v) is 2.69. The van der Waals surface area contributed by atoms with Gasteiger partial charge in [0.2, 0.25) is 0 Å². The van der Waals surface area contributed by atoms with Gasteiger partial charge in [-0.05, 0) is 42.3 Å². The lowest BCUT2D eigenvalue weighted by Gasteiger charge is -2.12. The molecule has 0 aromatic heterocycles. The Labute approximate surface area is 128 Å². The van der Waals surface area contributed by atoms with Gasteiger partial charge in [-0.3, -0.25) is 0 Å². The van der Waals surface area contributed by atoms with Crippen LogP contribution in [-0.4, -0.2) is 12.3 Å². The summed E-state index contributed by atoms with van der Waals surface area (Å²) in [6.07, 6.45) is 0. The lowest BCUT2D eigenvalue weighted by atomic mass is 9.97. The first kappa shape index (κ1) is 16.0. The maximum absolute atomic E-state index is 12.4. The van der Waals surface area contributed by atoms with E-state index in [0.29, 0.717) is 16.7 Å². The molecule has 4 heteroatoms. The molecule has 112 valence electrons. The topological polar surface area (TPSA) is 12.0 Å². The van der Waals surface area contributed by atoms with Crippen LogP contribution >= 0.6 is 11.8 Å². The molecule has 0 amide bonds. The van der Waals surface area contributed by atoms with E-state index in [-0.39, 0.29) is 0 Å². The molecule has 0 spiro atoms. The van der Waals surface area contributed by atoms with E-state index in [1.807, 2.05) is 12.1 Å². The van der Waals surface area contributed by atoms with Gasteiger partial charge < -0.3 is 5.32 Å². The third-order valence-electron chi connectivity index (χ3n) is 3.22. The van der Waals surface area contributed by atoms with Gasteiger partial charge in [0, 0.05) is 11.4 Å². The lowest BCUT2D eigenvalue weighted by Crippen LogP contribution is -2.12. The average Bonchev–Trinajstić information content (AvgIpc) is 2.46. The number of thioether (sulfide) groups is 1. The summed E-state index contributed by atoms with van der Waals surface area (Å²) in [5.41, 5.74) is 4.63. The Morgan fingerprint density at radius 2 is 1.81 bits per heavy atom. The molecule has 1 N–H and O–H groups in total. The van der Waals surface area contributed by atoms with E-state index < -0.39 is 5.76 Å². The van der Waals surface area contributed by atoms with E-state index in [4.69, 9.17) is 0 Å². The highest BCUT2D eigenvalue weighted by molar-refractivity contribution is 7.99. The Morgan fingerprint density at radius 3 is 2.43 bits per heavy atom. The second-order valence-corrected chi connectivity index (χ2v) is 5.91. The average molecular weight is 307 g/mol. The smallest absolute Gasteiger partial charge is 0.288 e. The molecular formula is C17H19F2NS. The van der Waals surface area contributed by atoms with Gasteiger partial charge in [0.05, 0.1) is 0 Å². The van der Waals surface area contributed by atoms with Crippen LogP contribution in [0.2, 0.25) is 0 Å². The van der Waals surface area contributed by atoms with Crippen LogP contribution in [-0.2, 0) is 6.54 Å². The molecule has 0 unspecified atom stereocenters. The van der Waals surface area contributed by atoms with Crippen LogP contribution in [0.3, 0.4) is 0 Å². The predicted octanol–water partition coefficient (Wildman–Crippen LogP) is 5.09. The second-order valence-electron chi connectivity index (χ2n) is 4.84. The van der Waals surface area contributed by atoms with E-state index in [9.17, 15) is 8.78 Å². The van der Waals surface area contributed by atoms with Crippen molar-refractivity contribution in [2.24, 2.45) is 0 Å². The van der Waals surface area contributed by atoms with Gasteiger partial charge in [-0.2, -0.15) is 8.78 Å². The summed E-state index contributed by atoms with van der Waals surface area (Å²) in [6.45, 7) is 5.85. The first-order valence-electron chi connectivity index (χ1n) is 6.95. The molecule has 0 heterocycles. The zero-order valence-electron chi connectivity index (χ0n) is 12.2. The Hall–Kier alpha value is -1.39. The number of alkyl halides is 2. The quantitative estimate of drug-likeness (QED) is 0.746. The zero-order valence-corrected chi connectivity index (χ0v) is 13.0. The van der Waals surface area contributed by atoms with Crippen LogP contribution in [0, 0.1) is 6.92 Å². The van der Waals surface area contributed by atoms with Crippen LogP contribution in [0.25, 0.3) is 11.1 Å². The van der Waals surface area contributed by atoms with Crippen LogP contribution in [0.1, 0.15) is 18.1 Å². The van der Waals surface area contributed by atoms with Gasteiger partial charge in [0.1, 0.15) is 0 Å². The number of nitrogens with one attached hydrogen (secondary N) is 1. The van der Waals surface area contributed by atoms with Crippen molar-refractivity contribution in [3.8, 4) is 11.1 Å². The van der Waals surface area contributed by atoms with Crippen LogP contribution < -0.4 is 5.32 Å². The van der Waals surface area contributed by atoms with Crippen molar-refractivity contribution in [1.29, 1.82) is 0 Å². The molecule has 0 bridgehead atoms. The fourth-order valence-electron chi connectivity index (χ4n) is 2.19. The summed E-state index contributed by atoms with van der Waals surface area (Å²) < 4.78 is 24.7. The Morgan fingerprint density at radius 1 is 1.10 bits per heavy atom. The van der Waals surface area contributed by atoms with Gasteiger partial charge in [-0.15, -0.1) is 0 Å². The minimum absolute atomic E-state index is 0.578. The van der Waals surface area contributed by atoms with E-state index in [2.05, 4.69) is 37.4 Å². The van der Waals surface area contributed by atoms with Crippen molar-refractivity contribution in [2.75, 3.05) is 6.54 Å². The highest BCUT2D eigenvalue weighted by Gasteiger charge is 2.08. The number of benzene rings is 2. The van der Waals surface area contributed by atoms with Crippen LogP contribution in [0.5, 0.6) is 0 Å². The van der Waals surface area contributed by atoms with Crippen molar-refractivity contribution in [3.63, 3.8) is 0 Å². The number of hydrogen-bond acceptors (Lipinski definition) is 2. The normalized spacial score (nSPS) is 11.1. The third kappa shape index (κ3) is 4.55. The molecule has 2 aromatic carbocycles. The van der Waals surface area contributed by atoms with Gasteiger partial charge in [-0.1, -0.05) is 54.6 Å². The van der Waals surface area contributed by atoms with Crippen molar-refractivity contribution in [1.82, 2.24) is 5.32 Å². The Balaban J connectivity index is 2.29. The van der Waals surface area contributed by atoms with Gasteiger partial charge in [-0.25, -0.2) is 0 Å². The monoisotopic (exact) mass is 307 g/mol. The molecule has 21 heavy (non-hydrogen) atoms. The molecule has 2 rings (SSSR count). The second kappa shape index (κ2) is 7.57. The summed E-state index contributed by atoms with van der Waals surface area (Å²) in [5, 5.41) is 3.33. The standard InChI is InChI=1S/C17H19F2NS/c1-3-20-11-14-5-4-12(2)10-16(14)13-6-8-15(9-7-13)21-17(18)19/h4-10,17,20H,3,11H2,1-2H3. The largest absolute Gasteiger partial charge is 0.313 e. The third-order valence-corrected chi connectivity index (χ3v) is 3.94. The molecule has 0 fully saturated rings. The summed E-state index contributed by atoms with van der Waals surface area (Å²) in [7, 11) is 0. The molecule has 0 aliphatic rings. The van der Waals surface area contributed by atoms with Crippen LogP contribution in [0.4, 0.5) is 8.78 Å². The SMILES string of the molecule is CCNCc1ccc(C)cc1-c1ccc(SC(F)F)cc1. The molecule has 0 aliphatic heterocycles. The first-order chi connectivity index (χ1) is 10.1. The molecule has 0 saturated heterocycles. The Kier molecular flexibility index (Phi) is 5.76. The zero-order chi connectivity index (χ0) is 15.2. The van der Waals surface area contributed by atoms with E-state index in [1.165, 1.54) is 11.1 Å². The number of aryl methyl sites for hydroxylation is 1. The van der Waals surface area contributed by atoms with Crippen molar-refractivity contribution in [3.05, 3.63) is 53.6 Å². The van der Waals surface area contributed by atoms with E-state index in [1.54, 1.807) is 12.1 Å². The molecule has 1 nitrogen and oxygen atoms in total. The highest BCUT2D eigenvalue weighted by Crippen LogP contribution is 2.30. The number of rotatable bonds is 6. The fraction of sp³-hybridized carbons (Fsp3) is 0.294. The number of halogens is 2. The number of hydrogen-bond donors (Lipinski definition) is 1. The van der Waals surface area contributed by atoms with Gasteiger partial charge >= 0.3 is 0 Å². The molecule has 2 aromatic rings. The highest BCUT2D eigenvalue weighted by atomic mass is 32.2. The Bertz CT molecular complexity index is 582. The maximum Gasteiger partial charge on any atom is 0.288 e. The lowest BCUT2D eigenvalue weighted by molar-refractivity contribution is 0.252. The summed E-state index contributed by atoms with van der Waals surface area (Å²) in [4.78, 5) is 0.592. The maximum atomic E-state index is 12.4. The van der Waals surface area contributed by atoms with Crippen molar-refractivity contribution in [2.45, 2.75) is 31.0 Å². The van der Waals surface area contributed by atoms with Gasteiger partial charge in [0.15, 0.2) is 0 Å². The van der Waals surface area contributed by atoms with Gasteiger partial charge in [0.25, 0.3) is 5.76 Å². The molecular weight excluding hydrogens is 288 g/mol. The van der Waals surface area contributed by atoms with Crippen LogP contribution in [0.15, 0.2) is 47.4 Å². The van der Waals surface area contributed by atoms with Crippen molar-refractivity contribution < 1.29 is 8.78 Å². The minimum Gasteiger partial charge on any atom is -0.313 e. The predicted molar refractivity (Wildman–Crippen MR) is 85.9 cm³/mol. The van der Waals surface area contributed by atoms with E-state index >= 15 is 0 Å². The summed E-state index contributed by atoms with van der Waals surface area (Å²) in [6, 6.07) is 13.7. The molecule has 0 atom stereocenters. The minimum atomic E-state index is -2.38. The first-order valence-corrected chi connectivity index (χ1v) is 7.83. The molecule has 0 aliphatic carbocycles. The molecule has 0 radical (unpaired) electrons.